The molecule has 4 nitrogen and oxygen atoms in total. The van der Waals surface area contributed by atoms with Crippen molar-refractivity contribution in [1.82, 2.24) is 0 Å². The monoisotopic (exact) mass is 347 g/mol. The summed E-state index contributed by atoms with van der Waals surface area (Å²) in [6, 6.07) is 4.48. The lowest BCUT2D eigenvalue weighted by Crippen LogP contribution is -2.33. The van der Waals surface area contributed by atoms with Gasteiger partial charge in [0.05, 0.1) is 18.4 Å². The van der Waals surface area contributed by atoms with Gasteiger partial charge in [-0.15, -0.1) is 0 Å². The van der Waals surface area contributed by atoms with E-state index in [2.05, 4.69) is 0 Å². The van der Waals surface area contributed by atoms with Crippen molar-refractivity contribution in [2.75, 3.05) is 18.6 Å². The summed E-state index contributed by atoms with van der Waals surface area (Å²) in [5.74, 6) is -5.52. The summed E-state index contributed by atoms with van der Waals surface area (Å²) in [7, 11) is 1.38. The standard InChI is InChI=1S/C15H13ClF3NO3/c1-3-23-12(21)10-11(15(17,18)19)14(10)9-7(16)5-4-6-8(9)20(2)13(14)22/h4-6,10-11H,3H2,1-2H3/t10?,11?,14-/m0/s1. The van der Waals surface area contributed by atoms with E-state index in [4.69, 9.17) is 16.3 Å². The largest absolute Gasteiger partial charge is 0.466 e. The van der Waals surface area contributed by atoms with Crippen LogP contribution in [0, 0.1) is 11.8 Å². The Morgan fingerprint density at radius 2 is 2.09 bits per heavy atom. The Bertz CT molecular complexity index is 706. The molecule has 1 aromatic rings. The molecule has 23 heavy (non-hydrogen) atoms. The first kappa shape index (κ1) is 16.1. The van der Waals surface area contributed by atoms with Crippen LogP contribution in [0.15, 0.2) is 18.2 Å². The normalized spacial score (nSPS) is 29.0. The summed E-state index contributed by atoms with van der Waals surface area (Å²) in [4.78, 5) is 25.8. The van der Waals surface area contributed by atoms with Crippen LogP contribution in [0.1, 0.15) is 12.5 Å². The fraction of sp³-hybridized carbons (Fsp3) is 0.467. The van der Waals surface area contributed by atoms with Crippen molar-refractivity contribution in [2.24, 2.45) is 11.8 Å². The number of rotatable bonds is 2. The maximum atomic E-state index is 13.5. The van der Waals surface area contributed by atoms with E-state index < -0.39 is 35.3 Å². The number of carbonyl (C=O) groups is 2. The molecule has 124 valence electrons. The number of likely N-dealkylation sites (N-methyl/N-ethyl adjacent to an activating group) is 1. The number of hydrogen-bond donors (Lipinski definition) is 0. The number of ether oxygens (including phenoxy) is 1. The van der Waals surface area contributed by atoms with Crippen LogP contribution in [0.4, 0.5) is 18.9 Å². The molecule has 3 rings (SSSR count). The number of benzene rings is 1. The molecule has 1 aliphatic heterocycles. The van der Waals surface area contributed by atoms with Crippen molar-refractivity contribution < 1.29 is 27.5 Å². The Morgan fingerprint density at radius 1 is 1.43 bits per heavy atom. The number of hydrogen-bond acceptors (Lipinski definition) is 3. The molecule has 1 spiro atoms. The zero-order valence-electron chi connectivity index (χ0n) is 12.3. The molecule has 1 aromatic carbocycles. The van der Waals surface area contributed by atoms with Gasteiger partial charge in [0.25, 0.3) is 0 Å². The van der Waals surface area contributed by atoms with Gasteiger partial charge >= 0.3 is 12.1 Å². The van der Waals surface area contributed by atoms with Gasteiger partial charge in [-0.3, -0.25) is 9.59 Å². The highest BCUT2D eigenvalue weighted by Crippen LogP contribution is 2.71. The SMILES string of the molecule is CCOC(=O)C1C(C(F)(F)F)[C@@]12C(=O)N(C)c1cccc(Cl)c12. The Hall–Kier alpha value is -1.76. The number of fused-ring (bicyclic) bond motifs is 2. The van der Waals surface area contributed by atoms with Crippen LogP contribution in [0.5, 0.6) is 0 Å². The van der Waals surface area contributed by atoms with Gasteiger partial charge in [-0.05, 0) is 19.1 Å². The van der Waals surface area contributed by atoms with E-state index in [1.165, 1.54) is 26.1 Å². The van der Waals surface area contributed by atoms with Gasteiger partial charge in [0.2, 0.25) is 5.91 Å². The van der Waals surface area contributed by atoms with Crippen LogP contribution in [-0.2, 0) is 19.7 Å². The molecule has 3 atom stereocenters. The molecular formula is C15H13ClF3NO3. The Morgan fingerprint density at radius 3 is 2.65 bits per heavy atom. The van der Waals surface area contributed by atoms with Crippen LogP contribution in [0.3, 0.4) is 0 Å². The predicted octanol–water partition coefficient (Wildman–Crippen LogP) is 2.93. The smallest absolute Gasteiger partial charge is 0.394 e. The van der Waals surface area contributed by atoms with E-state index >= 15 is 0 Å². The van der Waals surface area contributed by atoms with Crippen molar-refractivity contribution in [2.45, 2.75) is 18.5 Å². The van der Waals surface area contributed by atoms with Gasteiger partial charge in [-0.25, -0.2) is 0 Å². The highest BCUT2D eigenvalue weighted by atomic mass is 35.5. The average molecular weight is 348 g/mol. The van der Waals surface area contributed by atoms with Crippen LogP contribution < -0.4 is 4.90 Å². The lowest BCUT2D eigenvalue weighted by atomic mass is 9.92. The molecule has 8 heteroatoms. The molecule has 0 radical (unpaired) electrons. The number of nitrogens with zero attached hydrogens (tertiary/aromatic N) is 1. The van der Waals surface area contributed by atoms with Gasteiger partial charge < -0.3 is 9.64 Å². The fourth-order valence-corrected chi connectivity index (χ4v) is 3.99. The number of alkyl halides is 3. The predicted molar refractivity (Wildman–Crippen MR) is 76.2 cm³/mol. The lowest BCUT2D eigenvalue weighted by Gasteiger charge is -2.13. The molecule has 0 saturated heterocycles. The first-order valence-electron chi connectivity index (χ1n) is 6.99. The van der Waals surface area contributed by atoms with Gasteiger partial charge in [-0.1, -0.05) is 17.7 Å². The second-order valence-corrected chi connectivity index (χ2v) is 6.02. The summed E-state index contributed by atoms with van der Waals surface area (Å²) < 4.78 is 45.2. The first-order valence-corrected chi connectivity index (χ1v) is 7.37. The summed E-state index contributed by atoms with van der Waals surface area (Å²) in [6.45, 7) is 1.44. The minimum Gasteiger partial charge on any atom is -0.466 e. The molecular weight excluding hydrogens is 335 g/mol. The van der Waals surface area contributed by atoms with E-state index in [-0.39, 0.29) is 17.2 Å². The zero-order chi connectivity index (χ0) is 17.2. The molecule has 0 N–H and O–H groups in total. The number of halogens is 4. The molecule has 1 amide bonds. The van der Waals surface area contributed by atoms with E-state index in [1.807, 2.05) is 0 Å². The minimum absolute atomic E-state index is 0.0428. The summed E-state index contributed by atoms with van der Waals surface area (Å²) >= 11 is 6.09. The van der Waals surface area contributed by atoms with Crippen molar-refractivity contribution in [1.29, 1.82) is 0 Å². The van der Waals surface area contributed by atoms with E-state index in [9.17, 15) is 22.8 Å². The third kappa shape index (κ3) is 1.92. The molecule has 0 aromatic heterocycles. The molecule has 1 aliphatic carbocycles. The van der Waals surface area contributed by atoms with E-state index in [1.54, 1.807) is 6.07 Å². The summed E-state index contributed by atoms with van der Waals surface area (Å²) in [5.41, 5.74) is -1.65. The van der Waals surface area contributed by atoms with Crippen molar-refractivity contribution >= 4 is 29.2 Å². The van der Waals surface area contributed by atoms with Crippen LogP contribution in [0.2, 0.25) is 5.02 Å². The molecule has 1 heterocycles. The number of esters is 1. The third-order valence-electron chi connectivity index (χ3n) is 4.52. The zero-order valence-corrected chi connectivity index (χ0v) is 13.0. The molecule has 1 fully saturated rings. The first-order chi connectivity index (χ1) is 10.7. The van der Waals surface area contributed by atoms with Crippen molar-refractivity contribution in [3.8, 4) is 0 Å². The second kappa shape index (κ2) is 4.87. The number of amides is 1. The highest BCUT2D eigenvalue weighted by Gasteiger charge is 2.85. The van der Waals surface area contributed by atoms with Crippen molar-refractivity contribution in [3.05, 3.63) is 28.8 Å². The Balaban J connectivity index is 2.21. The van der Waals surface area contributed by atoms with Crippen LogP contribution in [-0.4, -0.2) is 31.7 Å². The van der Waals surface area contributed by atoms with E-state index in [0.29, 0.717) is 5.69 Å². The van der Waals surface area contributed by atoms with Gasteiger partial charge in [0.1, 0.15) is 5.41 Å². The highest BCUT2D eigenvalue weighted by molar-refractivity contribution is 6.33. The molecule has 0 bridgehead atoms. The topological polar surface area (TPSA) is 46.6 Å². The molecule has 2 unspecified atom stereocenters. The summed E-state index contributed by atoms with van der Waals surface area (Å²) in [6.07, 6.45) is -4.71. The second-order valence-electron chi connectivity index (χ2n) is 5.62. The fourth-order valence-electron chi connectivity index (χ4n) is 3.66. The van der Waals surface area contributed by atoms with E-state index in [0.717, 1.165) is 4.90 Å². The lowest BCUT2D eigenvalue weighted by molar-refractivity contribution is -0.164. The van der Waals surface area contributed by atoms with Gasteiger partial charge in [-0.2, -0.15) is 13.2 Å². The van der Waals surface area contributed by atoms with Gasteiger partial charge in [0.15, 0.2) is 0 Å². The third-order valence-corrected chi connectivity index (χ3v) is 4.84. The van der Waals surface area contributed by atoms with Crippen LogP contribution >= 0.6 is 11.6 Å². The summed E-state index contributed by atoms with van der Waals surface area (Å²) in [5, 5.41) is 0.0428. The molecule has 1 saturated carbocycles. The molecule has 2 aliphatic rings. The van der Waals surface area contributed by atoms with Crippen LogP contribution in [0.25, 0.3) is 0 Å². The number of anilines is 1. The van der Waals surface area contributed by atoms with Gasteiger partial charge in [0, 0.05) is 23.3 Å². The number of carbonyl (C=O) groups excluding carboxylic acids is 2. The minimum atomic E-state index is -4.71. The Kier molecular flexibility index (Phi) is 3.41. The maximum absolute atomic E-state index is 13.5. The maximum Gasteiger partial charge on any atom is 0.394 e. The average Bonchev–Trinajstić information content (AvgIpc) is 3.11. The van der Waals surface area contributed by atoms with Crippen molar-refractivity contribution in [3.63, 3.8) is 0 Å². The quantitative estimate of drug-likeness (QED) is 0.773. The Labute approximate surface area is 135 Å².